The summed E-state index contributed by atoms with van der Waals surface area (Å²) in [6.07, 6.45) is 2.94. The monoisotopic (exact) mass is 501 g/mol. The number of hydrogen-bond acceptors (Lipinski definition) is 6. The van der Waals surface area contributed by atoms with Crippen molar-refractivity contribution in [2.45, 2.75) is 68.7 Å². The highest BCUT2D eigenvalue weighted by Gasteiger charge is 2.44. The first kappa shape index (κ1) is 26.3. The maximum Gasteiger partial charge on any atom is 0.243 e. The van der Waals surface area contributed by atoms with Crippen LogP contribution in [-0.2, 0) is 21.3 Å². The van der Waals surface area contributed by atoms with Crippen LogP contribution in [0.1, 0.15) is 45.1 Å². The van der Waals surface area contributed by atoms with Gasteiger partial charge in [0.25, 0.3) is 0 Å². The Bertz CT molecular complexity index is 1060. The number of aliphatic hydroxyl groups is 1. The van der Waals surface area contributed by atoms with Crippen molar-refractivity contribution in [3.63, 3.8) is 0 Å². The molecule has 0 radical (unpaired) electrons. The largest absolute Gasteiger partial charge is 0.392 e. The fraction of sp³-hybridized carbons (Fsp3) is 0.556. The Hall–Kier alpha value is -1.81. The molecule has 2 aromatic rings. The highest BCUT2D eigenvalue weighted by Crippen LogP contribution is 2.37. The molecule has 2 aliphatic heterocycles. The maximum absolute atomic E-state index is 13.5. The zero-order chi connectivity index (χ0) is 24.9. The zero-order valence-electron chi connectivity index (χ0n) is 20.9. The first-order chi connectivity index (χ1) is 16.8. The van der Waals surface area contributed by atoms with Crippen LogP contribution in [0.3, 0.4) is 0 Å². The SMILES string of the molecule is CCCNCc1ccc(-c2cccc(S(=O)(=O)N3CCC4(CC3)C[C@H](NCC(C)O)CO4)c2)cc1. The first-order valence-corrected chi connectivity index (χ1v) is 14.2. The van der Waals surface area contributed by atoms with Gasteiger partial charge in [0.2, 0.25) is 10.0 Å². The molecule has 2 atom stereocenters. The van der Waals surface area contributed by atoms with E-state index in [1.807, 2.05) is 12.1 Å². The van der Waals surface area contributed by atoms with Crippen LogP contribution in [0.25, 0.3) is 11.1 Å². The molecule has 3 N–H and O–H groups in total. The van der Waals surface area contributed by atoms with E-state index >= 15 is 0 Å². The Morgan fingerprint density at radius 2 is 1.89 bits per heavy atom. The lowest BCUT2D eigenvalue weighted by Crippen LogP contribution is -2.47. The summed E-state index contributed by atoms with van der Waals surface area (Å²) in [5.41, 5.74) is 2.86. The summed E-state index contributed by atoms with van der Waals surface area (Å²) >= 11 is 0. The minimum atomic E-state index is -3.58. The van der Waals surface area contributed by atoms with Gasteiger partial charge in [-0.15, -0.1) is 0 Å². The Morgan fingerprint density at radius 1 is 1.14 bits per heavy atom. The van der Waals surface area contributed by atoms with Gasteiger partial charge in [0.15, 0.2) is 0 Å². The minimum Gasteiger partial charge on any atom is -0.392 e. The van der Waals surface area contributed by atoms with E-state index in [0.29, 0.717) is 44.0 Å². The van der Waals surface area contributed by atoms with Crippen molar-refractivity contribution < 1.29 is 18.3 Å². The molecule has 2 aromatic carbocycles. The van der Waals surface area contributed by atoms with Crippen molar-refractivity contribution in [2.75, 3.05) is 32.8 Å². The predicted octanol–water partition coefficient (Wildman–Crippen LogP) is 3.14. The van der Waals surface area contributed by atoms with Crippen LogP contribution in [-0.4, -0.2) is 68.4 Å². The third-order valence-electron chi connectivity index (χ3n) is 7.06. The van der Waals surface area contributed by atoms with Gasteiger partial charge in [0.05, 0.1) is 23.2 Å². The van der Waals surface area contributed by atoms with Gasteiger partial charge < -0.3 is 20.5 Å². The lowest BCUT2D eigenvalue weighted by Gasteiger charge is -2.38. The van der Waals surface area contributed by atoms with Gasteiger partial charge >= 0.3 is 0 Å². The molecule has 2 saturated heterocycles. The van der Waals surface area contributed by atoms with Crippen molar-refractivity contribution in [1.29, 1.82) is 0 Å². The molecule has 35 heavy (non-hydrogen) atoms. The predicted molar refractivity (Wildman–Crippen MR) is 139 cm³/mol. The number of ether oxygens (including phenoxy) is 1. The fourth-order valence-corrected chi connectivity index (χ4v) is 6.49. The van der Waals surface area contributed by atoms with Crippen molar-refractivity contribution in [2.24, 2.45) is 0 Å². The molecule has 1 spiro atoms. The van der Waals surface area contributed by atoms with Gasteiger partial charge in [-0.3, -0.25) is 0 Å². The average molecular weight is 502 g/mol. The molecule has 1 unspecified atom stereocenters. The lowest BCUT2D eigenvalue weighted by atomic mass is 9.88. The average Bonchev–Trinajstić information content (AvgIpc) is 3.26. The molecule has 0 aromatic heterocycles. The molecule has 0 amide bonds. The second kappa shape index (κ2) is 11.5. The summed E-state index contributed by atoms with van der Waals surface area (Å²) in [7, 11) is -3.58. The number of nitrogens with one attached hydrogen (secondary N) is 2. The molecule has 0 saturated carbocycles. The summed E-state index contributed by atoms with van der Waals surface area (Å²) in [5.74, 6) is 0. The van der Waals surface area contributed by atoms with Crippen LogP contribution >= 0.6 is 0 Å². The fourth-order valence-electron chi connectivity index (χ4n) is 5.00. The third kappa shape index (κ3) is 6.50. The van der Waals surface area contributed by atoms with Gasteiger partial charge in [0, 0.05) is 32.2 Å². The number of sulfonamides is 1. The Labute approximate surface area is 209 Å². The molecule has 2 heterocycles. The molecule has 192 valence electrons. The van der Waals surface area contributed by atoms with Gasteiger partial charge in [-0.1, -0.05) is 43.3 Å². The first-order valence-electron chi connectivity index (χ1n) is 12.8. The van der Waals surface area contributed by atoms with E-state index in [0.717, 1.165) is 37.1 Å². The lowest BCUT2D eigenvalue weighted by molar-refractivity contribution is -0.0312. The molecule has 7 nitrogen and oxygen atoms in total. The molecule has 2 fully saturated rings. The number of benzene rings is 2. The van der Waals surface area contributed by atoms with E-state index in [9.17, 15) is 13.5 Å². The second-order valence-electron chi connectivity index (χ2n) is 9.96. The summed E-state index contributed by atoms with van der Waals surface area (Å²) in [6, 6.07) is 15.8. The van der Waals surface area contributed by atoms with E-state index in [-0.39, 0.29) is 11.6 Å². The van der Waals surface area contributed by atoms with Crippen molar-refractivity contribution in [3.05, 3.63) is 54.1 Å². The summed E-state index contributed by atoms with van der Waals surface area (Å²) in [6.45, 7) is 7.79. The van der Waals surface area contributed by atoms with E-state index in [1.165, 1.54) is 5.56 Å². The van der Waals surface area contributed by atoms with Gasteiger partial charge in [-0.25, -0.2) is 8.42 Å². The van der Waals surface area contributed by atoms with E-state index < -0.39 is 16.1 Å². The number of rotatable bonds is 10. The summed E-state index contributed by atoms with van der Waals surface area (Å²) in [5, 5.41) is 16.3. The third-order valence-corrected chi connectivity index (χ3v) is 8.95. The molecular weight excluding hydrogens is 462 g/mol. The van der Waals surface area contributed by atoms with Crippen molar-refractivity contribution >= 4 is 10.0 Å². The van der Waals surface area contributed by atoms with Crippen molar-refractivity contribution in [3.8, 4) is 11.1 Å². The minimum absolute atomic E-state index is 0.207. The molecule has 4 rings (SSSR count). The maximum atomic E-state index is 13.5. The van der Waals surface area contributed by atoms with Gasteiger partial charge in [-0.05, 0) is 68.0 Å². The van der Waals surface area contributed by atoms with Crippen LogP contribution in [0.4, 0.5) is 0 Å². The normalized spacial score (nSPS) is 21.4. The summed E-state index contributed by atoms with van der Waals surface area (Å²) < 4.78 is 34.6. The highest BCUT2D eigenvalue weighted by molar-refractivity contribution is 7.89. The highest BCUT2D eigenvalue weighted by atomic mass is 32.2. The Kier molecular flexibility index (Phi) is 8.63. The second-order valence-corrected chi connectivity index (χ2v) is 11.9. The van der Waals surface area contributed by atoms with Crippen LogP contribution in [0, 0.1) is 0 Å². The van der Waals surface area contributed by atoms with Crippen LogP contribution in [0.15, 0.2) is 53.4 Å². The standard InChI is InChI=1S/C27H39N3O4S/c1-3-13-28-19-22-7-9-23(10-8-22)24-5-4-6-26(16-24)35(32,33)30-14-11-27(12-15-30)17-25(20-34-27)29-18-21(2)31/h4-10,16,21,25,28-29,31H,3,11-15,17-20H2,1-2H3/t21?,25-/m0/s1. The number of nitrogens with zero attached hydrogens (tertiary/aromatic N) is 1. The summed E-state index contributed by atoms with van der Waals surface area (Å²) in [4.78, 5) is 0.337. The topological polar surface area (TPSA) is 90.9 Å². The van der Waals surface area contributed by atoms with E-state index in [4.69, 9.17) is 4.74 Å². The van der Waals surface area contributed by atoms with E-state index in [2.05, 4.69) is 41.8 Å². The quantitative estimate of drug-likeness (QED) is 0.434. The van der Waals surface area contributed by atoms with Crippen LogP contribution in [0.5, 0.6) is 0 Å². The van der Waals surface area contributed by atoms with Crippen LogP contribution < -0.4 is 10.6 Å². The zero-order valence-corrected chi connectivity index (χ0v) is 21.7. The van der Waals surface area contributed by atoms with Crippen LogP contribution in [0.2, 0.25) is 0 Å². The Balaban J connectivity index is 1.39. The molecular formula is C27H39N3O4S. The molecule has 2 aliphatic rings. The molecule has 0 aliphatic carbocycles. The molecule has 8 heteroatoms. The molecule has 0 bridgehead atoms. The number of aliphatic hydroxyl groups excluding tert-OH is 1. The van der Waals surface area contributed by atoms with E-state index in [1.54, 1.807) is 23.4 Å². The van der Waals surface area contributed by atoms with Crippen molar-refractivity contribution in [1.82, 2.24) is 14.9 Å². The van der Waals surface area contributed by atoms with Gasteiger partial charge in [0.1, 0.15) is 0 Å². The number of piperidine rings is 1. The smallest absolute Gasteiger partial charge is 0.243 e. The Morgan fingerprint density at radius 3 is 2.57 bits per heavy atom. The van der Waals surface area contributed by atoms with Gasteiger partial charge in [-0.2, -0.15) is 4.31 Å². The number of hydrogen-bond donors (Lipinski definition) is 3.